The summed E-state index contributed by atoms with van der Waals surface area (Å²) in [5, 5.41) is 3.27. The van der Waals surface area contributed by atoms with Crippen molar-refractivity contribution < 1.29 is 37.4 Å². The van der Waals surface area contributed by atoms with E-state index in [0.717, 1.165) is 25.0 Å². The fourth-order valence-electron chi connectivity index (χ4n) is 4.49. The van der Waals surface area contributed by atoms with Crippen molar-refractivity contribution in [3.05, 3.63) is 108 Å². The number of anilines is 1. The van der Waals surface area contributed by atoms with E-state index in [-0.39, 0.29) is 25.2 Å². The first-order valence-electron chi connectivity index (χ1n) is 14.3. The van der Waals surface area contributed by atoms with Crippen LogP contribution in [0.4, 0.5) is 14.5 Å². The minimum Gasteiger partial charge on any atom is -0.494 e. The summed E-state index contributed by atoms with van der Waals surface area (Å²) in [5.41, 5.74) is 1.22. The Hall–Kier alpha value is -4.53. The molecule has 0 heterocycles. The summed E-state index contributed by atoms with van der Waals surface area (Å²) in [7, 11) is 0. The molecule has 0 bridgehead atoms. The van der Waals surface area contributed by atoms with Gasteiger partial charge in [-0.3, -0.25) is 14.4 Å². The normalized spacial score (nSPS) is 12.8. The largest absolute Gasteiger partial charge is 0.494 e. The predicted molar refractivity (Wildman–Crippen MR) is 160 cm³/mol. The average molecular weight is 594 g/mol. The molecule has 0 aliphatic rings. The number of carbonyl (C=O) groups is 3. The first-order chi connectivity index (χ1) is 20.8. The molecule has 0 saturated carbocycles. The molecule has 228 valence electrons. The molecule has 0 aliphatic heterocycles. The number of ether oxygens (including phenoxy) is 3. The Bertz CT molecular complexity index is 1340. The third-order valence-corrected chi connectivity index (χ3v) is 6.73. The van der Waals surface area contributed by atoms with Gasteiger partial charge >= 0.3 is 11.9 Å². The molecule has 3 atom stereocenters. The van der Waals surface area contributed by atoms with Gasteiger partial charge in [-0.2, -0.15) is 0 Å². The first-order valence-corrected chi connectivity index (χ1v) is 14.3. The van der Waals surface area contributed by atoms with Gasteiger partial charge in [-0.1, -0.05) is 38.1 Å². The maximum atomic E-state index is 13.7. The number of unbranched alkanes of at least 4 members (excludes halogenated alkanes) is 1. The van der Waals surface area contributed by atoms with Crippen molar-refractivity contribution in [2.45, 2.75) is 39.2 Å². The van der Waals surface area contributed by atoms with E-state index in [0.29, 0.717) is 23.6 Å². The number of carbonyl (C=O) groups excluding carboxylic acids is 3. The Kier molecular flexibility index (Phi) is 12.9. The van der Waals surface area contributed by atoms with E-state index in [1.165, 1.54) is 42.5 Å². The number of halogens is 2. The van der Waals surface area contributed by atoms with Crippen LogP contribution in [0.1, 0.15) is 55.1 Å². The van der Waals surface area contributed by atoms with E-state index >= 15 is 0 Å². The van der Waals surface area contributed by atoms with Gasteiger partial charge in [-0.15, -0.1) is 0 Å². The van der Waals surface area contributed by atoms with Gasteiger partial charge < -0.3 is 19.5 Å². The molecule has 3 aromatic rings. The van der Waals surface area contributed by atoms with Crippen LogP contribution in [0.2, 0.25) is 0 Å². The molecule has 0 radical (unpaired) electrons. The molecular weight excluding hydrogens is 556 g/mol. The number of ketones is 1. The molecule has 0 aliphatic carbocycles. The Labute approximate surface area is 250 Å². The van der Waals surface area contributed by atoms with Crippen LogP contribution in [0.25, 0.3) is 0 Å². The standard InChI is InChI=1S/C34H37F2NO6/c1-4-7-21-42-28-18-10-23(11-19-28)31(37-27-16-14-26(36)15-17-27)29(33(39)41-6-3)22-30(34(40)43-20-5-2)32(38)24-8-12-25(35)13-9-24/h5,8-19,29-31,37H,2,4,6-7,20-22H2,1,3H3/t29?,30?,31-/m1/s1. The highest BCUT2D eigenvalue weighted by molar-refractivity contribution is 6.08. The maximum Gasteiger partial charge on any atom is 0.317 e. The lowest BCUT2D eigenvalue weighted by Crippen LogP contribution is -2.36. The Morgan fingerprint density at radius 1 is 0.860 bits per heavy atom. The molecule has 0 amide bonds. The van der Waals surface area contributed by atoms with Gasteiger partial charge in [0.25, 0.3) is 0 Å². The molecule has 0 spiro atoms. The van der Waals surface area contributed by atoms with Crippen molar-refractivity contribution in [3.8, 4) is 5.75 Å². The van der Waals surface area contributed by atoms with Crippen LogP contribution in [-0.2, 0) is 19.1 Å². The molecule has 1 N–H and O–H groups in total. The Morgan fingerprint density at radius 3 is 2.07 bits per heavy atom. The third kappa shape index (κ3) is 9.77. The summed E-state index contributed by atoms with van der Waals surface area (Å²) in [5.74, 6) is -4.99. The van der Waals surface area contributed by atoms with Crippen molar-refractivity contribution >= 4 is 23.4 Å². The monoisotopic (exact) mass is 593 g/mol. The van der Waals surface area contributed by atoms with E-state index in [1.54, 1.807) is 31.2 Å². The molecule has 3 rings (SSSR count). The number of hydrogen-bond donors (Lipinski definition) is 1. The predicted octanol–water partition coefficient (Wildman–Crippen LogP) is 7.09. The third-order valence-electron chi connectivity index (χ3n) is 6.73. The SMILES string of the molecule is C=CCOC(=O)C(CC(C(=O)OCC)[C@H](Nc1ccc(F)cc1)c1ccc(OCCCC)cc1)C(=O)c1ccc(F)cc1. The van der Waals surface area contributed by atoms with Crippen molar-refractivity contribution in [2.24, 2.45) is 11.8 Å². The number of benzene rings is 3. The smallest absolute Gasteiger partial charge is 0.317 e. The minimum absolute atomic E-state index is 0.0558. The number of esters is 2. The average Bonchev–Trinajstić information content (AvgIpc) is 3.01. The summed E-state index contributed by atoms with van der Waals surface area (Å²) in [6, 6.07) is 16.7. The Morgan fingerprint density at radius 2 is 1.49 bits per heavy atom. The van der Waals surface area contributed by atoms with E-state index in [1.807, 2.05) is 0 Å². The molecule has 0 fully saturated rings. The van der Waals surface area contributed by atoms with Crippen LogP contribution in [0.3, 0.4) is 0 Å². The van der Waals surface area contributed by atoms with E-state index in [2.05, 4.69) is 18.8 Å². The Balaban J connectivity index is 2.06. The highest BCUT2D eigenvalue weighted by Gasteiger charge is 2.39. The summed E-state index contributed by atoms with van der Waals surface area (Å²) < 4.78 is 43.8. The van der Waals surface area contributed by atoms with Gasteiger partial charge in [0, 0.05) is 11.3 Å². The van der Waals surface area contributed by atoms with Crippen molar-refractivity contribution in [2.75, 3.05) is 25.1 Å². The number of rotatable bonds is 17. The van der Waals surface area contributed by atoms with Crippen LogP contribution in [0.15, 0.2) is 85.5 Å². The lowest BCUT2D eigenvalue weighted by Gasteiger charge is -2.30. The lowest BCUT2D eigenvalue weighted by atomic mass is 9.82. The molecule has 43 heavy (non-hydrogen) atoms. The van der Waals surface area contributed by atoms with Crippen LogP contribution >= 0.6 is 0 Å². The zero-order chi connectivity index (χ0) is 31.2. The molecule has 7 nitrogen and oxygen atoms in total. The minimum atomic E-state index is -1.42. The molecule has 0 aromatic heterocycles. The van der Waals surface area contributed by atoms with E-state index in [4.69, 9.17) is 14.2 Å². The number of nitrogens with one attached hydrogen (secondary N) is 1. The highest BCUT2D eigenvalue weighted by Crippen LogP contribution is 2.35. The van der Waals surface area contributed by atoms with E-state index in [9.17, 15) is 23.2 Å². The fraction of sp³-hybridized carbons (Fsp3) is 0.324. The molecule has 3 aromatic carbocycles. The summed E-state index contributed by atoms with van der Waals surface area (Å²) in [6.07, 6.45) is 2.95. The van der Waals surface area contributed by atoms with Crippen LogP contribution in [-0.4, -0.2) is 37.5 Å². The van der Waals surface area contributed by atoms with Gasteiger partial charge in [0.2, 0.25) is 0 Å². The maximum absolute atomic E-state index is 13.7. The van der Waals surface area contributed by atoms with Gasteiger partial charge in [-0.05, 0) is 86.0 Å². The van der Waals surface area contributed by atoms with Gasteiger partial charge in [-0.25, -0.2) is 8.78 Å². The molecule has 9 heteroatoms. The van der Waals surface area contributed by atoms with Crippen LogP contribution < -0.4 is 10.1 Å². The number of Topliss-reactive ketones (excluding diaryl/α,β-unsaturated/α-hetero) is 1. The van der Waals surface area contributed by atoms with Gasteiger partial charge in [0.1, 0.15) is 29.9 Å². The van der Waals surface area contributed by atoms with Crippen molar-refractivity contribution in [3.63, 3.8) is 0 Å². The second kappa shape index (κ2) is 16.8. The summed E-state index contributed by atoms with van der Waals surface area (Å²) >= 11 is 0. The topological polar surface area (TPSA) is 90.9 Å². The van der Waals surface area contributed by atoms with Crippen molar-refractivity contribution in [1.82, 2.24) is 0 Å². The molecule has 0 saturated heterocycles. The second-order valence-electron chi connectivity index (χ2n) is 9.84. The summed E-state index contributed by atoms with van der Waals surface area (Å²) in [4.78, 5) is 40.4. The van der Waals surface area contributed by atoms with Crippen LogP contribution in [0, 0.1) is 23.5 Å². The van der Waals surface area contributed by atoms with Crippen LogP contribution in [0.5, 0.6) is 5.75 Å². The van der Waals surface area contributed by atoms with Crippen molar-refractivity contribution in [1.29, 1.82) is 0 Å². The summed E-state index contributed by atoms with van der Waals surface area (Å²) in [6.45, 7) is 7.73. The molecule has 2 unspecified atom stereocenters. The zero-order valence-electron chi connectivity index (χ0n) is 24.4. The number of hydrogen-bond acceptors (Lipinski definition) is 7. The van der Waals surface area contributed by atoms with Gasteiger partial charge in [0.15, 0.2) is 5.78 Å². The highest BCUT2D eigenvalue weighted by atomic mass is 19.1. The molecular formula is C34H37F2NO6. The van der Waals surface area contributed by atoms with Gasteiger partial charge in [0.05, 0.1) is 25.2 Å². The lowest BCUT2D eigenvalue weighted by molar-refractivity contribution is -0.151. The van der Waals surface area contributed by atoms with E-state index < -0.39 is 47.2 Å². The zero-order valence-corrected chi connectivity index (χ0v) is 24.4. The first kappa shape index (κ1) is 33.0. The fourth-order valence-corrected chi connectivity index (χ4v) is 4.49. The second-order valence-corrected chi connectivity index (χ2v) is 9.84. The quantitative estimate of drug-likeness (QED) is 0.0587.